The zero-order valence-electron chi connectivity index (χ0n) is 12.6. The van der Waals surface area contributed by atoms with E-state index in [0.717, 1.165) is 12.1 Å². The summed E-state index contributed by atoms with van der Waals surface area (Å²) in [5.74, 6) is -0.313. The summed E-state index contributed by atoms with van der Waals surface area (Å²) in [6, 6.07) is 6.68. The lowest BCUT2D eigenvalue weighted by Crippen LogP contribution is -2.06. The Hall–Kier alpha value is -1.88. The Morgan fingerprint density at radius 1 is 1.33 bits per heavy atom. The van der Waals surface area contributed by atoms with Gasteiger partial charge in [0, 0.05) is 12.2 Å². The zero-order chi connectivity index (χ0) is 15.4. The quantitative estimate of drug-likeness (QED) is 0.884. The molecule has 0 amide bonds. The predicted octanol–water partition coefficient (Wildman–Crippen LogP) is 3.63. The molecule has 4 nitrogen and oxygen atoms in total. The van der Waals surface area contributed by atoms with Gasteiger partial charge >= 0.3 is 0 Å². The fourth-order valence-corrected chi connectivity index (χ4v) is 1.93. The normalized spacial score (nSPS) is 14.0. The molecule has 1 N–H and O–H groups in total. The van der Waals surface area contributed by atoms with E-state index in [9.17, 15) is 9.50 Å². The summed E-state index contributed by atoms with van der Waals surface area (Å²) in [6.07, 6.45) is 2.21. The molecule has 5 heteroatoms. The Kier molecular flexibility index (Phi) is 4.96. The molecular formula is C16H21FN2O2. The van der Waals surface area contributed by atoms with Gasteiger partial charge in [-0.1, -0.05) is 13.0 Å². The summed E-state index contributed by atoms with van der Waals surface area (Å²) in [5, 5.41) is 13.8. The maximum absolute atomic E-state index is 13.8. The molecular weight excluding hydrogens is 271 g/mol. The number of nitrogens with zero attached hydrogens (tertiary/aromatic N) is 2. The molecule has 21 heavy (non-hydrogen) atoms. The SMILES string of the molecule is CCC(C)n1ccc(COc2ccc([C@H](C)O)cc2F)n1. The summed E-state index contributed by atoms with van der Waals surface area (Å²) >= 11 is 0. The van der Waals surface area contributed by atoms with Crippen LogP contribution in [0.1, 0.15) is 50.6 Å². The molecule has 2 atom stereocenters. The van der Waals surface area contributed by atoms with Crippen molar-refractivity contribution in [1.29, 1.82) is 0 Å². The molecule has 114 valence electrons. The Bertz CT molecular complexity index is 596. The molecule has 1 aromatic carbocycles. The van der Waals surface area contributed by atoms with E-state index in [-0.39, 0.29) is 12.4 Å². The van der Waals surface area contributed by atoms with Crippen molar-refractivity contribution in [2.24, 2.45) is 0 Å². The summed E-state index contributed by atoms with van der Waals surface area (Å²) in [7, 11) is 0. The van der Waals surface area contributed by atoms with Gasteiger partial charge in [-0.05, 0) is 44.0 Å². The minimum absolute atomic E-state index is 0.164. The minimum atomic E-state index is -0.695. The first-order chi connectivity index (χ1) is 10.0. The Balaban J connectivity index is 2.01. The molecule has 1 unspecified atom stereocenters. The van der Waals surface area contributed by atoms with E-state index in [0.29, 0.717) is 11.6 Å². The number of ether oxygens (including phenoxy) is 1. The number of aliphatic hydroxyl groups is 1. The van der Waals surface area contributed by atoms with Crippen LogP contribution in [0.15, 0.2) is 30.5 Å². The monoisotopic (exact) mass is 292 g/mol. The van der Waals surface area contributed by atoms with Gasteiger partial charge in [-0.3, -0.25) is 4.68 Å². The van der Waals surface area contributed by atoms with Crippen LogP contribution >= 0.6 is 0 Å². The lowest BCUT2D eigenvalue weighted by atomic mass is 10.1. The van der Waals surface area contributed by atoms with Crippen LogP contribution in [0.3, 0.4) is 0 Å². The number of benzene rings is 1. The molecule has 0 radical (unpaired) electrons. The van der Waals surface area contributed by atoms with Gasteiger partial charge in [0.25, 0.3) is 0 Å². The molecule has 0 aliphatic carbocycles. The second-order valence-electron chi connectivity index (χ2n) is 5.20. The maximum Gasteiger partial charge on any atom is 0.165 e. The fraction of sp³-hybridized carbons (Fsp3) is 0.438. The lowest BCUT2D eigenvalue weighted by molar-refractivity contribution is 0.198. The van der Waals surface area contributed by atoms with E-state index in [4.69, 9.17) is 4.74 Å². The molecule has 0 spiro atoms. The highest BCUT2D eigenvalue weighted by molar-refractivity contribution is 5.30. The van der Waals surface area contributed by atoms with Crippen molar-refractivity contribution < 1.29 is 14.2 Å². The Morgan fingerprint density at radius 2 is 2.10 bits per heavy atom. The molecule has 0 fully saturated rings. The molecule has 2 aromatic rings. The standard InChI is InChI=1S/C16H21FN2O2/c1-4-11(2)19-8-7-14(18-19)10-21-16-6-5-13(12(3)20)9-15(16)17/h5-9,11-12,20H,4,10H2,1-3H3/t11?,12-/m0/s1. The van der Waals surface area contributed by atoms with Crippen LogP contribution in [0.2, 0.25) is 0 Å². The smallest absolute Gasteiger partial charge is 0.165 e. The van der Waals surface area contributed by atoms with Crippen LogP contribution < -0.4 is 4.74 Å². The maximum atomic E-state index is 13.8. The van der Waals surface area contributed by atoms with Gasteiger partial charge < -0.3 is 9.84 Å². The van der Waals surface area contributed by atoms with E-state index >= 15 is 0 Å². The number of rotatable bonds is 6. The second kappa shape index (κ2) is 6.72. The third-order valence-electron chi connectivity index (χ3n) is 3.52. The van der Waals surface area contributed by atoms with Crippen molar-refractivity contribution in [3.05, 3.63) is 47.5 Å². The van der Waals surface area contributed by atoms with Crippen molar-refractivity contribution in [2.75, 3.05) is 0 Å². The molecule has 1 aromatic heterocycles. The molecule has 1 heterocycles. The number of aliphatic hydroxyl groups excluding tert-OH is 1. The molecule has 2 rings (SSSR count). The van der Waals surface area contributed by atoms with Crippen LogP contribution in [0.25, 0.3) is 0 Å². The van der Waals surface area contributed by atoms with Gasteiger partial charge in [-0.15, -0.1) is 0 Å². The van der Waals surface area contributed by atoms with E-state index in [1.54, 1.807) is 13.0 Å². The van der Waals surface area contributed by atoms with Crippen LogP contribution in [0, 0.1) is 5.82 Å². The van der Waals surface area contributed by atoms with Crippen molar-refractivity contribution in [3.63, 3.8) is 0 Å². The third kappa shape index (κ3) is 3.82. The van der Waals surface area contributed by atoms with Crippen molar-refractivity contribution in [1.82, 2.24) is 9.78 Å². The van der Waals surface area contributed by atoms with Gasteiger partial charge in [0.2, 0.25) is 0 Å². The lowest BCUT2D eigenvalue weighted by Gasteiger charge is -2.10. The fourth-order valence-electron chi connectivity index (χ4n) is 1.93. The van der Waals surface area contributed by atoms with Gasteiger partial charge in [0.1, 0.15) is 6.61 Å². The van der Waals surface area contributed by atoms with Gasteiger partial charge in [-0.25, -0.2) is 4.39 Å². The largest absolute Gasteiger partial charge is 0.484 e. The van der Waals surface area contributed by atoms with Crippen LogP contribution in [0.5, 0.6) is 5.75 Å². The Morgan fingerprint density at radius 3 is 2.71 bits per heavy atom. The van der Waals surface area contributed by atoms with Gasteiger partial charge in [0.05, 0.1) is 11.8 Å². The highest BCUT2D eigenvalue weighted by Gasteiger charge is 2.10. The minimum Gasteiger partial charge on any atom is -0.484 e. The summed E-state index contributed by atoms with van der Waals surface area (Å²) in [6.45, 7) is 6.00. The first kappa shape index (κ1) is 15.5. The molecule has 0 saturated carbocycles. The van der Waals surface area contributed by atoms with Gasteiger partial charge in [0.15, 0.2) is 11.6 Å². The average molecular weight is 292 g/mol. The van der Waals surface area contributed by atoms with E-state index in [1.165, 1.54) is 12.1 Å². The Labute approximate surface area is 124 Å². The predicted molar refractivity (Wildman–Crippen MR) is 78.6 cm³/mol. The summed E-state index contributed by atoms with van der Waals surface area (Å²) < 4.78 is 21.2. The van der Waals surface area contributed by atoms with Crippen molar-refractivity contribution in [2.45, 2.75) is 45.9 Å². The number of hydrogen-bond donors (Lipinski definition) is 1. The molecule has 0 aliphatic rings. The summed E-state index contributed by atoms with van der Waals surface area (Å²) in [5.41, 5.74) is 1.29. The van der Waals surface area contributed by atoms with Crippen LogP contribution in [0.4, 0.5) is 4.39 Å². The first-order valence-corrected chi connectivity index (χ1v) is 7.15. The summed E-state index contributed by atoms with van der Waals surface area (Å²) in [4.78, 5) is 0. The zero-order valence-corrected chi connectivity index (χ0v) is 12.6. The van der Waals surface area contributed by atoms with E-state index < -0.39 is 11.9 Å². The van der Waals surface area contributed by atoms with E-state index in [1.807, 2.05) is 16.9 Å². The molecule has 0 saturated heterocycles. The van der Waals surface area contributed by atoms with Crippen molar-refractivity contribution >= 4 is 0 Å². The number of halogens is 1. The van der Waals surface area contributed by atoms with E-state index in [2.05, 4.69) is 18.9 Å². The van der Waals surface area contributed by atoms with Crippen molar-refractivity contribution in [3.8, 4) is 5.75 Å². The topological polar surface area (TPSA) is 47.3 Å². The highest BCUT2D eigenvalue weighted by atomic mass is 19.1. The average Bonchev–Trinajstić information content (AvgIpc) is 2.93. The second-order valence-corrected chi connectivity index (χ2v) is 5.20. The van der Waals surface area contributed by atoms with Gasteiger partial charge in [-0.2, -0.15) is 5.10 Å². The highest BCUT2D eigenvalue weighted by Crippen LogP contribution is 2.22. The number of hydrogen-bond acceptors (Lipinski definition) is 3. The van der Waals surface area contributed by atoms with Crippen LogP contribution in [-0.2, 0) is 6.61 Å². The first-order valence-electron chi connectivity index (χ1n) is 7.15. The van der Waals surface area contributed by atoms with Crippen LogP contribution in [-0.4, -0.2) is 14.9 Å². The third-order valence-corrected chi connectivity index (χ3v) is 3.52. The molecule has 0 aliphatic heterocycles. The number of aromatic nitrogens is 2. The molecule has 0 bridgehead atoms.